The number of rotatable bonds is 2. The Morgan fingerprint density at radius 3 is 2.87 bits per heavy atom. The Morgan fingerprint density at radius 2 is 2.20 bits per heavy atom. The van der Waals surface area contributed by atoms with Crippen LogP contribution in [0, 0.1) is 5.92 Å². The summed E-state index contributed by atoms with van der Waals surface area (Å²) in [5.74, 6) is 0.605. The first-order chi connectivity index (χ1) is 7.09. The van der Waals surface area contributed by atoms with Gasteiger partial charge in [-0.25, -0.2) is 0 Å². The van der Waals surface area contributed by atoms with Crippen molar-refractivity contribution in [2.24, 2.45) is 5.92 Å². The Kier molecular flexibility index (Phi) is 2.67. The molecule has 0 spiro atoms. The van der Waals surface area contributed by atoms with Gasteiger partial charge >= 0.3 is 0 Å². The Morgan fingerprint density at radius 1 is 1.47 bits per heavy atom. The van der Waals surface area contributed by atoms with Crippen LogP contribution < -0.4 is 5.32 Å². The number of nitrogens with zero attached hydrogens (tertiary/aromatic N) is 1. The molecule has 2 saturated heterocycles. The van der Waals surface area contributed by atoms with Gasteiger partial charge in [0.2, 0.25) is 11.8 Å². The lowest BCUT2D eigenvalue weighted by Gasteiger charge is -2.32. The minimum Gasteiger partial charge on any atom is -0.334 e. The Balaban J connectivity index is 2.15. The van der Waals surface area contributed by atoms with Gasteiger partial charge < -0.3 is 10.2 Å². The standard InChI is InChI=1S/C11H18N2O2/c1-7(2)6-8-11(15)12-9-4-3-5-10(14)13(8)9/h7-9H,3-6H2,1-2H3,(H,12,15)/t8-,9-/m1/s1. The van der Waals surface area contributed by atoms with E-state index in [0.29, 0.717) is 12.3 Å². The van der Waals surface area contributed by atoms with Crippen molar-refractivity contribution in [2.75, 3.05) is 0 Å². The minimum atomic E-state index is -0.220. The van der Waals surface area contributed by atoms with Crippen LogP contribution >= 0.6 is 0 Å². The van der Waals surface area contributed by atoms with Gasteiger partial charge in [0.1, 0.15) is 12.2 Å². The maximum atomic E-state index is 11.7. The number of hydrogen-bond donors (Lipinski definition) is 1. The van der Waals surface area contributed by atoms with E-state index in [1.807, 2.05) is 0 Å². The zero-order valence-corrected chi connectivity index (χ0v) is 9.32. The number of amides is 2. The van der Waals surface area contributed by atoms with Gasteiger partial charge in [-0.05, 0) is 25.2 Å². The zero-order chi connectivity index (χ0) is 11.0. The molecule has 1 N–H and O–H groups in total. The van der Waals surface area contributed by atoms with Gasteiger partial charge in [0.15, 0.2) is 0 Å². The molecule has 2 atom stereocenters. The molecule has 0 aromatic carbocycles. The molecule has 2 amide bonds. The van der Waals surface area contributed by atoms with E-state index in [0.717, 1.165) is 19.3 Å². The lowest BCUT2D eigenvalue weighted by molar-refractivity contribution is -0.139. The van der Waals surface area contributed by atoms with E-state index in [-0.39, 0.29) is 24.0 Å². The van der Waals surface area contributed by atoms with Crippen LogP contribution in [0.4, 0.5) is 0 Å². The summed E-state index contributed by atoms with van der Waals surface area (Å²) in [5, 5.41) is 2.91. The van der Waals surface area contributed by atoms with Crippen molar-refractivity contribution in [2.45, 2.75) is 51.7 Å². The molecule has 2 fully saturated rings. The first-order valence-electron chi connectivity index (χ1n) is 5.71. The second-order valence-electron chi connectivity index (χ2n) is 4.86. The van der Waals surface area contributed by atoms with E-state index >= 15 is 0 Å². The van der Waals surface area contributed by atoms with Crippen molar-refractivity contribution >= 4 is 11.8 Å². The smallest absolute Gasteiger partial charge is 0.244 e. The quantitative estimate of drug-likeness (QED) is 0.735. The maximum absolute atomic E-state index is 11.7. The molecule has 2 heterocycles. The minimum absolute atomic E-state index is 0.0255. The Hall–Kier alpha value is -1.06. The van der Waals surface area contributed by atoms with Crippen LogP contribution in [-0.2, 0) is 9.59 Å². The van der Waals surface area contributed by atoms with Gasteiger partial charge in [-0.3, -0.25) is 9.59 Å². The highest BCUT2D eigenvalue weighted by atomic mass is 16.2. The third-order valence-corrected chi connectivity index (χ3v) is 3.13. The van der Waals surface area contributed by atoms with Crippen molar-refractivity contribution < 1.29 is 9.59 Å². The molecule has 0 saturated carbocycles. The third-order valence-electron chi connectivity index (χ3n) is 3.13. The molecule has 0 aromatic rings. The summed E-state index contributed by atoms with van der Waals surface area (Å²) in [6.07, 6.45) is 3.15. The van der Waals surface area contributed by atoms with Crippen LogP contribution in [-0.4, -0.2) is 28.9 Å². The third kappa shape index (κ3) is 1.85. The average molecular weight is 210 g/mol. The molecule has 0 unspecified atom stereocenters. The SMILES string of the molecule is CC(C)C[C@@H]1C(=O)N[C@H]2CCCC(=O)N21. The molecule has 0 aromatic heterocycles. The molecular weight excluding hydrogens is 192 g/mol. The van der Waals surface area contributed by atoms with E-state index in [2.05, 4.69) is 19.2 Å². The van der Waals surface area contributed by atoms with Crippen LogP contribution in [0.2, 0.25) is 0 Å². The van der Waals surface area contributed by atoms with Gasteiger partial charge in [0.05, 0.1) is 0 Å². The van der Waals surface area contributed by atoms with Crippen molar-refractivity contribution in [1.29, 1.82) is 0 Å². The van der Waals surface area contributed by atoms with Crippen molar-refractivity contribution in [3.63, 3.8) is 0 Å². The first-order valence-corrected chi connectivity index (χ1v) is 5.71. The normalized spacial score (nSPS) is 30.7. The Bertz CT molecular complexity index is 288. The summed E-state index contributed by atoms with van der Waals surface area (Å²) in [7, 11) is 0. The van der Waals surface area contributed by atoms with E-state index in [1.165, 1.54) is 0 Å². The van der Waals surface area contributed by atoms with Crippen molar-refractivity contribution in [3.05, 3.63) is 0 Å². The summed E-state index contributed by atoms with van der Waals surface area (Å²) in [6.45, 7) is 4.16. The highest BCUT2D eigenvalue weighted by Crippen LogP contribution is 2.27. The monoisotopic (exact) mass is 210 g/mol. The van der Waals surface area contributed by atoms with Crippen molar-refractivity contribution in [1.82, 2.24) is 10.2 Å². The van der Waals surface area contributed by atoms with E-state index in [1.54, 1.807) is 4.90 Å². The number of hydrogen-bond acceptors (Lipinski definition) is 2. The Labute approximate surface area is 90.0 Å². The molecule has 2 rings (SSSR count). The molecule has 84 valence electrons. The summed E-state index contributed by atoms with van der Waals surface area (Å²) in [6, 6.07) is -0.220. The van der Waals surface area contributed by atoms with Crippen LogP contribution in [0.3, 0.4) is 0 Å². The fourth-order valence-electron chi connectivity index (χ4n) is 2.48. The van der Waals surface area contributed by atoms with Crippen molar-refractivity contribution in [3.8, 4) is 0 Å². The fourth-order valence-corrected chi connectivity index (χ4v) is 2.48. The lowest BCUT2D eigenvalue weighted by atomic mass is 10.0. The average Bonchev–Trinajstić information content (AvgIpc) is 2.43. The molecule has 15 heavy (non-hydrogen) atoms. The van der Waals surface area contributed by atoms with E-state index < -0.39 is 0 Å². The van der Waals surface area contributed by atoms with E-state index in [4.69, 9.17) is 0 Å². The predicted octanol–water partition coefficient (Wildman–Crippen LogP) is 0.869. The second-order valence-corrected chi connectivity index (χ2v) is 4.86. The summed E-state index contributed by atoms with van der Waals surface area (Å²) >= 11 is 0. The lowest BCUT2D eigenvalue weighted by Crippen LogP contribution is -2.46. The van der Waals surface area contributed by atoms with Gasteiger partial charge in [-0.2, -0.15) is 0 Å². The largest absolute Gasteiger partial charge is 0.334 e. The number of carbonyl (C=O) groups is 2. The van der Waals surface area contributed by atoms with Crippen LogP contribution in [0.5, 0.6) is 0 Å². The summed E-state index contributed by atoms with van der Waals surface area (Å²) in [4.78, 5) is 25.2. The number of carbonyl (C=O) groups excluding carboxylic acids is 2. The topological polar surface area (TPSA) is 49.4 Å². The van der Waals surface area contributed by atoms with Gasteiger partial charge in [0, 0.05) is 6.42 Å². The molecule has 2 aliphatic heterocycles. The van der Waals surface area contributed by atoms with Crippen LogP contribution in [0.1, 0.15) is 39.5 Å². The number of fused-ring (bicyclic) bond motifs is 1. The maximum Gasteiger partial charge on any atom is 0.244 e. The molecule has 4 nitrogen and oxygen atoms in total. The first kappa shape index (κ1) is 10.5. The van der Waals surface area contributed by atoms with Gasteiger partial charge in [-0.15, -0.1) is 0 Å². The second kappa shape index (κ2) is 3.83. The van der Waals surface area contributed by atoms with Crippen LogP contribution in [0.25, 0.3) is 0 Å². The molecule has 0 bridgehead atoms. The number of piperidine rings is 1. The summed E-state index contributed by atoms with van der Waals surface area (Å²) in [5.41, 5.74) is 0. The summed E-state index contributed by atoms with van der Waals surface area (Å²) < 4.78 is 0. The fraction of sp³-hybridized carbons (Fsp3) is 0.818. The van der Waals surface area contributed by atoms with E-state index in [9.17, 15) is 9.59 Å². The molecular formula is C11H18N2O2. The molecule has 0 radical (unpaired) electrons. The number of nitrogens with one attached hydrogen (secondary N) is 1. The highest BCUT2D eigenvalue weighted by molar-refractivity contribution is 5.91. The highest BCUT2D eigenvalue weighted by Gasteiger charge is 2.43. The van der Waals surface area contributed by atoms with Gasteiger partial charge in [-0.1, -0.05) is 13.8 Å². The molecule has 0 aliphatic carbocycles. The molecule has 2 aliphatic rings. The zero-order valence-electron chi connectivity index (χ0n) is 9.32. The predicted molar refractivity (Wildman–Crippen MR) is 55.9 cm³/mol. The van der Waals surface area contributed by atoms with Crippen LogP contribution in [0.15, 0.2) is 0 Å². The molecule has 4 heteroatoms. The van der Waals surface area contributed by atoms with Gasteiger partial charge in [0.25, 0.3) is 0 Å².